The van der Waals surface area contributed by atoms with Crippen LogP contribution in [-0.2, 0) is 31.6 Å². The number of halogens is 1. The van der Waals surface area contributed by atoms with Crippen LogP contribution >= 0.6 is 23.5 Å². The molecule has 0 aliphatic carbocycles. The Kier molecular flexibility index (Phi) is 8.18. The molecule has 32 heavy (non-hydrogen) atoms. The molecule has 6 atom stereocenters. The maximum absolute atomic E-state index is 14.7. The standard InChI is InChI=1S/C11H20FN4O13P3/c1-14-6-2-3-16(10(18)15-6)9-7(12)8(17)11(4-13,27-9)5-26-31(22,23)29-32(24,25)28-30(19,20)21/h2-3,7-9,17H,4-5,13H2,1H3,(H,22,23)(H,24,25)(H,14,15,18)(H2,19,20,21)/t7-,8+,9-,11-/m1/s1. The summed E-state index contributed by atoms with van der Waals surface area (Å²) in [5.41, 5.74) is 2.27. The van der Waals surface area contributed by atoms with Gasteiger partial charge in [-0.05, 0) is 6.07 Å². The summed E-state index contributed by atoms with van der Waals surface area (Å²) in [6.07, 6.45) is -5.12. The first-order chi connectivity index (χ1) is 14.5. The maximum atomic E-state index is 14.7. The largest absolute Gasteiger partial charge is 0.490 e. The summed E-state index contributed by atoms with van der Waals surface area (Å²) in [4.78, 5) is 51.4. The lowest BCUT2D eigenvalue weighted by Crippen LogP contribution is -2.51. The number of aliphatic hydroxyl groups is 1. The van der Waals surface area contributed by atoms with Gasteiger partial charge in [-0.25, -0.2) is 22.9 Å². The second kappa shape index (κ2) is 9.64. The van der Waals surface area contributed by atoms with Gasteiger partial charge >= 0.3 is 29.2 Å². The first-order valence-corrected chi connectivity index (χ1v) is 12.8. The average Bonchev–Trinajstić information content (AvgIpc) is 2.89. The van der Waals surface area contributed by atoms with Crippen molar-refractivity contribution >= 4 is 29.3 Å². The summed E-state index contributed by atoms with van der Waals surface area (Å²) in [6.45, 7) is -1.96. The van der Waals surface area contributed by atoms with Crippen molar-refractivity contribution in [2.75, 3.05) is 25.5 Å². The lowest BCUT2D eigenvalue weighted by Gasteiger charge is -2.30. The highest BCUT2D eigenvalue weighted by molar-refractivity contribution is 7.66. The number of rotatable bonds is 10. The van der Waals surface area contributed by atoms with E-state index in [0.29, 0.717) is 4.57 Å². The van der Waals surface area contributed by atoms with Gasteiger partial charge in [0.15, 0.2) is 12.4 Å². The third-order valence-electron chi connectivity index (χ3n) is 4.06. The van der Waals surface area contributed by atoms with Gasteiger partial charge in [-0.1, -0.05) is 0 Å². The van der Waals surface area contributed by atoms with Crippen molar-refractivity contribution in [2.45, 2.75) is 24.1 Å². The number of ether oxygens (including phenoxy) is 1. The monoisotopic (exact) mass is 528 g/mol. The van der Waals surface area contributed by atoms with Crippen molar-refractivity contribution in [1.29, 1.82) is 0 Å². The summed E-state index contributed by atoms with van der Waals surface area (Å²) in [5, 5.41) is 12.8. The van der Waals surface area contributed by atoms with Crippen molar-refractivity contribution in [3.63, 3.8) is 0 Å². The van der Waals surface area contributed by atoms with Crippen LogP contribution in [0.5, 0.6) is 0 Å². The number of nitrogens with zero attached hydrogens (tertiary/aromatic N) is 2. The Morgan fingerprint density at radius 3 is 2.41 bits per heavy atom. The molecule has 0 amide bonds. The van der Waals surface area contributed by atoms with E-state index in [0.717, 1.165) is 6.20 Å². The molecule has 1 saturated heterocycles. The smallest absolute Gasteiger partial charge is 0.387 e. The Balaban J connectivity index is 2.21. The number of hydrogen-bond acceptors (Lipinski definition) is 12. The lowest BCUT2D eigenvalue weighted by molar-refractivity contribution is -0.120. The number of phosphoric ester groups is 1. The van der Waals surface area contributed by atoms with Crippen LogP contribution in [0.25, 0.3) is 0 Å². The number of anilines is 1. The molecule has 17 nitrogen and oxygen atoms in total. The highest BCUT2D eigenvalue weighted by Gasteiger charge is 2.57. The van der Waals surface area contributed by atoms with Crippen molar-refractivity contribution in [1.82, 2.24) is 9.55 Å². The second-order valence-electron chi connectivity index (χ2n) is 6.28. The van der Waals surface area contributed by atoms with E-state index in [1.807, 2.05) is 0 Å². The van der Waals surface area contributed by atoms with Crippen molar-refractivity contribution in [3.8, 4) is 0 Å². The van der Waals surface area contributed by atoms with Gasteiger partial charge in [-0.15, -0.1) is 0 Å². The van der Waals surface area contributed by atoms with Crippen molar-refractivity contribution in [2.24, 2.45) is 5.73 Å². The zero-order valence-corrected chi connectivity index (χ0v) is 18.7. The zero-order valence-electron chi connectivity index (χ0n) is 16.0. The molecular formula is C11H20FN4O13P3. The Labute approximate surface area is 178 Å². The molecule has 0 radical (unpaired) electrons. The van der Waals surface area contributed by atoms with Crippen LogP contribution in [0.1, 0.15) is 6.23 Å². The van der Waals surface area contributed by atoms with Crippen molar-refractivity contribution in [3.05, 3.63) is 22.7 Å². The fraction of sp³-hybridized carbons (Fsp3) is 0.636. The Bertz CT molecular complexity index is 1030. The topological polar surface area (TPSA) is 262 Å². The molecule has 0 aromatic carbocycles. The van der Waals surface area contributed by atoms with Gasteiger partial charge in [-0.3, -0.25) is 9.09 Å². The first-order valence-electron chi connectivity index (χ1n) is 8.30. The molecule has 2 heterocycles. The molecule has 2 unspecified atom stereocenters. The number of nitrogens with one attached hydrogen (secondary N) is 1. The Hall–Kier alpha value is -1.10. The number of phosphoric acid groups is 3. The predicted molar refractivity (Wildman–Crippen MR) is 101 cm³/mol. The minimum absolute atomic E-state index is 0.151. The fourth-order valence-electron chi connectivity index (χ4n) is 2.62. The molecule has 0 bridgehead atoms. The van der Waals surface area contributed by atoms with Crippen LogP contribution in [0.15, 0.2) is 17.1 Å². The molecule has 1 aromatic heterocycles. The van der Waals surface area contributed by atoms with E-state index in [1.165, 1.54) is 13.1 Å². The van der Waals surface area contributed by atoms with Gasteiger partial charge in [0.1, 0.15) is 17.5 Å². The van der Waals surface area contributed by atoms with Crippen molar-refractivity contribution < 1.29 is 60.6 Å². The summed E-state index contributed by atoms with van der Waals surface area (Å²) in [6, 6.07) is 1.29. The molecule has 8 N–H and O–H groups in total. The van der Waals surface area contributed by atoms with Crippen LogP contribution in [0.3, 0.4) is 0 Å². The lowest BCUT2D eigenvalue weighted by atomic mass is 9.97. The van der Waals surface area contributed by atoms with Crippen LogP contribution in [0.4, 0.5) is 10.2 Å². The molecule has 0 spiro atoms. The SMILES string of the molecule is CNc1ccn([C@@H]2O[C@](CN)(COP(=O)(O)OP(=O)(O)OP(=O)(O)O)[C@@H](O)[C@H]2F)c(=O)n1. The van der Waals surface area contributed by atoms with E-state index in [9.17, 15) is 32.9 Å². The van der Waals surface area contributed by atoms with Crippen LogP contribution in [-0.4, -0.2) is 72.3 Å². The number of aliphatic hydroxyl groups excluding tert-OH is 1. The highest BCUT2D eigenvalue weighted by Crippen LogP contribution is 2.66. The third kappa shape index (κ3) is 6.48. The van der Waals surface area contributed by atoms with Crippen LogP contribution < -0.4 is 16.7 Å². The van der Waals surface area contributed by atoms with Gasteiger partial charge in [0, 0.05) is 19.8 Å². The molecule has 2 rings (SSSR count). The molecule has 0 saturated carbocycles. The summed E-state index contributed by atoms with van der Waals surface area (Å²) in [7, 11) is -15.5. The molecule has 184 valence electrons. The zero-order chi connectivity index (χ0) is 24.5. The number of hydrogen-bond donors (Lipinski definition) is 7. The second-order valence-corrected chi connectivity index (χ2v) is 10.7. The van der Waals surface area contributed by atoms with Gasteiger partial charge in [0.2, 0.25) is 0 Å². The molecule has 1 aliphatic rings. The summed E-state index contributed by atoms with van der Waals surface area (Å²) >= 11 is 0. The Morgan fingerprint density at radius 1 is 1.28 bits per heavy atom. The van der Waals surface area contributed by atoms with E-state index in [4.69, 9.17) is 25.2 Å². The molecule has 21 heteroatoms. The number of alkyl halides is 1. The minimum Gasteiger partial charge on any atom is -0.387 e. The molecule has 1 fully saturated rings. The predicted octanol–water partition coefficient (Wildman–Crippen LogP) is -1.45. The van der Waals surface area contributed by atoms with Gasteiger partial charge < -0.3 is 40.5 Å². The van der Waals surface area contributed by atoms with Gasteiger partial charge in [0.05, 0.1) is 6.61 Å². The van der Waals surface area contributed by atoms with E-state index >= 15 is 0 Å². The number of nitrogens with two attached hydrogens (primary N) is 1. The minimum atomic E-state index is -5.80. The average molecular weight is 528 g/mol. The van der Waals surface area contributed by atoms with E-state index in [1.54, 1.807) is 0 Å². The molecule has 1 aromatic rings. The van der Waals surface area contributed by atoms with E-state index in [2.05, 4.69) is 23.4 Å². The first kappa shape index (κ1) is 27.1. The summed E-state index contributed by atoms with van der Waals surface area (Å²) < 4.78 is 66.2. The van der Waals surface area contributed by atoms with E-state index < -0.39 is 66.4 Å². The third-order valence-corrected chi connectivity index (χ3v) is 7.84. The van der Waals surface area contributed by atoms with Crippen LogP contribution in [0, 0.1) is 0 Å². The quantitative estimate of drug-likeness (QED) is 0.171. The number of aromatic nitrogens is 2. The molecular weight excluding hydrogens is 508 g/mol. The Morgan fingerprint density at radius 2 is 1.91 bits per heavy atom. The molecule has 1 aliphatic heterocycles. The van der Waals surface area contributed by atoms with E-state index in [-0.39, 0.29) is 5.82 Å². The van der Waals surface area contributed by atoms with Gasteiger partial charge in [0.25, 0.3) is 0 Å². The highest BCUT2D eigenvalue weighted by atomic mass is 31.3. The maximum Gasteiger partial charge on any atom is 0.490 e. The summed E-state index contributed by atoms with van der Waals surface area (Å²) in [5.74, 6) is 0.151. The van der Waals surface area contributed by atoms with Crippen LogP contribution in [0.2, 0.25) is 0 Å². The normalized spacial score (nSPS) is 29.9. The van der Waals surface area contributed by atoms with Gasteiger partial charge in [-0.2, -0.15) is 13.6 Å². The fourth-order valence-corrected chi connectivity index (χ4v) is 5.69.